The minimum absolute atomic E-state index is 0.0121. The average Bonchev–Trinajstić information content (AvgIpc) is 2.16. The molecule has 0 radical (unpaired) electrons. The minimum atomic E-state index is 0.0121. The number of phenols is 1. The van der Waals surface area contributed by atoms with Crippen LogP contribution in [0.15, 0.2) is 18.2 Å². The summed E-state index contributed by atoms with van der Waals surface area (Å²) < 4.78 is 5.22. The summed E-state index contributed by atoms with van der Waals surface area (Å²) in [6.07, 6.45) is 1.57. The van der Waals surface area contributed by atoms with Crippen LogP contribution in [0.1, 0.15) is 23.7 Å². The number of ether oxygens (including phenoxy) is 1. The fourth-order valence-corrected chi connectivity index (χ4v) is 0.942. The number of hydrogen-bond donors (Lipinski definition) is 1. The summed E-state index contributed by atoms with van der Waals surface area (Å²) in [5, 5.41) is 9.37. The van der Waals surface area contributed by atoms with Crippen molar-refractivity contribution in [2.75, 3.05) is 6.61 Å². The Bertz CT molecular complexity index is 294. The van der Waals surface area contributed by atoms with Crippen molar-refractivity contribution in [2.24, 2.45) is 0 Å². The molecular weight excluding hydrogens is 168 g/mol. The van der Waals surface area contributed by atoms with Gasteiger partial charge in [0.05, 0.1) is 6.61 Å². The van der Waals surface area contributed by atoms with Crippen LogP contribution in [0.2, 0.25) is 0 Å². The van der Waals surface area contributed by atoms with Gasteiger partial charge in [0.1, 0.15) is 6.29 Å². The molecule has 0 aliphatic heterocycles. The molecule has 0 heterocycles. The third-order valence-electron chi connectivity index (χ3n) is 1.58. The van der Waals surface area contributed by atoms with Crippen molar-refractivity contribution in [3.63, 3.8) is 0 Å². The smallest absolute Gasteiger partial charge is 0.160 e. The molecule has 0 aliphatic rings. The first kappa shape index (κ1) is 9.58. The van der Waals surface area contributed by atoms with E-state index in [1.807, 2.05) is 6.92 Å². The molecule has 0 amide bonds. The van der Waals surface area contributed by atoms with Gasteiger partial charge in [0.15, 0.2) is 11.5 Å². The Morgan fingerprint density at radius 1 is 1.54 bits per heavy atom. The molecule has 3 heteroatoms. The molecule has 0 atom stereocenters. The van der Waals surface area contributed by atoms with Crippen LogP contribution in [0.4, 0.5) is 0 Å². The zero-order valence-electron chi connectivity index (χ0n) is 7.49. The second-order valence-electron chi connectivity index (χ2n) is 2.69. The molecular formula is C10H12O3. The first-order chi connectivity index (χ1) is 6.27. The van der Waals surface area contributed by atoms with E-state index in [1.165, 1.54) is 6.07 Å². The van der Waals surface area contributed by atoms with Crippen molar-refractivity contribution in [3.8, 4) is 11.5 Å². The first-order valence-electron chi connectivity index (χ1n) is 4.19. The van der Waals surface area contributed by atoms with Gasteiger partial charge in [-0.05, 0) is 24.6 Å². The van der Waals surface area contributed by atoms with Gasteiger partial charge in [-0.1, -0.05) is 6.92 Å². The number of benzene rings is 1. The molecule has 0 aromatic heterocycles. The highest BCUT2D eigenvalue weighted by Gasteiger charge is 2.02. The Morgan fingerprint density at radius 2 is 2.31 bits per heavy atom. The Hall–Kier alpha value is -1.51. The molecule has 1 aromatic carbocycles. The molecule has 1 aromatic rings. The highest BCUT2D eigenvalue weighted by Crippen LogP contribution is 2.26. The number of carbonyl (C=O) groups is 1. The van der Waals surface area contributed by atoms with Gasteiger partial charge in [-0.25, -0.2) is 0 Å². The van der Waals surface area contributed by atoms with Crippen LogP contribution in [-0.2, 0) is 0 Å². The SMILES string of the molecule is CCCOc1ccc(C=O)cc1O. The van der Waals surface area contributed by atoms with Crippen LogP contribution in [0.25, 0.3) is 0 Å². The maximum absolute atomic E-state index is 10.3. The molecule has 0 saturated carbocycles. The first-order valence-corrected chi connectivity index (χ1v) is 4.19. The fraction of sp³-hybridized carbons (Fsp3) is 0.300. The summed E-state index contributed by atoms with van der Waals surface area (Å²) in [5.74, 6) is 0.436. The number of rotatable bonds is 4. The largest absolute Gasteiger partial charge is 0.504 e. The van der Waals surface area contributed by atoms with Gasteiger partial charge in [0.25, 0.3) is 0 Å². The van der Waals surface area contributed by atoms with Crippen LogP contribution in [0, 0.1) is 0 Å². The number of phenolic OH excluding ortho intramolecular Hbond substituents is 1. The molecule has 3 nitrogen and oxygen atoms in total. The van der Waals surface area contributed by atoms with Gasteiger partial charge in [-0.3, -0.25) is 4.79 Å². The van der Waals surface area contributed by atoms with E-state index in [0.717, 1.165) is 6.42 Å². The lowest BCUT2D eigenvalue weighted by atomic mass is 10.2. The quantitative estimate of drug-likeness (QED) is 0.721. The Balaban J connectivity index is 2.79. The number of hydrogen-bond acceptors (Lipinski definition) is 3. The molecule has 1 rings (SSSR count). The van der Waals surface area contributed by atoms with Gasteiger partial charge >= 0.3 is 0 Å². The van der Waals surface area contributed by atoms with Crippen molar-refractivity contribution in [1.82, 2.24) is 0 Å². The molecule has 0 saturated heterocycles. The van der Waals surface area contributed by atoms with Gasteiger partial charge in [0, 0.05) is 5.56 Å². The summed E-state index contributed by atoms with van der Waals surface area (Å²) in [7, 11) is 0. The van der Waals surface area contributed by atoms with Crippen molar-refractivity contribution in [2.45, 2.75) is 13.3 Å². The van der Waals surface area contributed by atoms with Crippen molar-refractivity contribution in [3.05, 3.63) is 23.8 Å². The van der Waals surface area contributed by atoms with Crippen molar-refractivity contribution >= 4 is 6.29 Å². The highest BCUT2D eigenvalue weighted by atomic mass is 16.5. The lowest BCUT2D eigenvalue weighted by molar-refractivity contribution is 0.112. The van der Waals surface area contributed by atoms with E-state index in [0.29, 0.717) is 24.2 Å². The summed E-state index contributed by atoms with van der Waals surface area (Å²) in [6, 6.07) is 4.59. The lowest BCUT2D eigenvalue weighted by Crippen LogP contribution is -1.95. The van der Waals surface area contributed by atoms with Gasteiger partial charge in [-0.15, -0.1) is 0 Å². The Labute approximate surface area is 77.0 Å². The predicted octanol–water partition coefficient (Wildman–Crippen LogP) is 1.99. The summed E-state index contributed by atoms with van der Waals surface area (Å²) in [4.78, 5) is 10.3. The standard InChI is InChI=1S/C10H12O3/c1-2-5-13-10-4-3-8(7-11)6-9(10)12/h3-4,6-7,12H,2,5H2,1H3. The minimum Gasteiger partial charge on any atom is -0.504 e. The Morgan fingerprint density at radius 3 is 2.85 bits per heavy atom. The maximum atomic E-state index is 10.3. The van der Waals surface area contributed by atoms with Crippen LogP contribution in [0.3, 0.4) is 0 Å². The molecule has 1 N–H and O–H groups in total. The van der Waals surface area contributed by atoms with Crippen molar-refractivity contribution < 1.29 is 14.6 Å². The van der Waals surface area contributed by atoms with Crippen LogP contribution in [-0.4, -0.2) is 18.0 Å². The predicted molar refractivity (Wildman–Crippen MR) is 49.3 cm³/mol. The topological polar surface area (TPSA) is 46.5 Å². The number of aromatic hydroxyl groups is 1. The highest BCUT2D eigenvalue weighted by molar-refractivity contribution is 5.76. The van der Waals surface area contributed by atoms with Gasteiger partial charge in [-0.2, -0.15) is 0 Å². The lowest BCUT2D eigenvalue weighted by Gasteiger charge is -2.06. The van der Waals surface area contributed by atoms with E-state index in [2.05, 4.69) is 0 Å². The molecule has 0 fully saturated rings. The van der Waals surface area contributed by atoms with E-state index in [1.54, 1.807) is 12.1 Å². The molecule has 0 spiro atoms. The normalized spacial score (nSPS) is 9.62. The zero-order valence-corrected chi connectivity index (χ0v) is 7.49. The van der Waals surface area contributed by atoms with Gasteiger partial charge < -0.3 is 9.84 Å². The average molecular weight is 180 g/mol. The second kappa shape index (κ2) is 4.50. The van der Waals surface area contributed by atoms with E-state index in [-0.39, 0.29) is 5.75 Å². The Kier molecular flexibility index (Phi) is 3.31. The monoisotopic (exact) mass is 180 g/mol. The van der Waals surface area contributed by atoms with E-state index < -0.39 is 0 Å². The molecule has 0 unspecified atom stereocenters. The van der Waals surface area contributed by atoms with E-state index >= 15 is 0 Å². The van der Waals surface area contributed by atoms with E-state index in [4.69, 9.17) is 4.74 Å². The molecule has 0 aliphatic carbocycles. The third-order valence-corrected chi connectivity index (χ3v) is 1.58. The zero-order chi connectivity index (χ0) is 9.68. The number of carbonyl (C=O) groups excluding carboxylic acids is 1. The van der Waals surface area contributed by atoms with E-state index in [9.17, 15) is 9.90 Å². The van der Waals surface area contributed by atoms with Crippen LogP contribution >= 0.6 is 0 Å². The van der Waals surface area contributed by atoms with Crippen molar-refractivity contribution in [1.29, 1.82) is 0 Å². The maximum Gasteiger partial charge on any atom is 0.160 e. The molecule has 13 heavy (non-hydrogen) atoms. The van der Waals surface area contributed by atoms with Crippen LogP contribution < -0.4 is 4.74 Å². The summed E-state index contributed by atoms with van der Waals surface area (Å²) >= 11 is 0. The van der Waals surface area contributed by atoms with Crippen LogP contribution in [0.5, 0.6) is 11.5 Å². The number of aldehydes is 1. The second-order valence-corrected chi connectivity index (χ2v) is 2.69. The third kappa shape index (κ3) is 2.47. The fourth-order valence-electron chi connectivity index (χ4n) is 0.942. The van der Waals surface area contributed by atoms with Gasteiger partial charge in [0.2, 0.25) is 0 Å². The molecule has 0 bridgehead atoms. The molecule has 70 valence electrons. The summed E-state index contributed by atoms with van der Waals surface area (Å²) in [5.41, 5.74) is 0.446. The summed E-state index contributed by atoms with van der Waals surface area (Å²) in [6.45, 7) is 2.55.